The van der Waals surface area contributed by atoms with Crippen LogP contribution in [0.15, 0.2) is 54.6 Å². The van der Waals surface area contributed by atoms with E-state index in [2.05, 4.69) is 5.32 Å². The van der Waals surface area contributed by atoms with Gasteiger partial charge in [-0.25, -0.2) is 0 Å². The lowest BCUT2D eigenvalue weighted by molar-refractivity contribution is -0.132. The second-order valence-corrected chi connectivity index (χ2v) is 5.43. The van der Waals surface area contributed by atoms with E-state index in [1.165, 1.54) is 0 Å². The Morgan fingerprint density at radius 1 is 1.00 bits per heavy atom. The highest BCUT2D eigenvalue weighted by Gasteiger charge is 2.11. The zero-order valence-electron chi connectivity index (χ0n) is 14.6. The van der Waals surface area contributed by atoms with Crippen LogP contribution in [0.25, 0.3) is 0 Å². The van der Waals surface area contributed by atoms with Crippen molar-refractivity contribution in [3.05, 3.63) is 60.2 Å². The quantitative estimate of drug-likeness (QED) is 0.743. The van der Waals surface area contributed by atoms with Crippen molar-refractivity contribution >= 4 is 18.3 Å². The molecule has 136 valence electrons. The van der Waals surface area contributed by atoms with E-state index in [0.717, 1.165) is 12.1 Å². The fourth-order valence-corrected chi connectivity index (χ4v) is 2.08. The molecule has 0 unspecified atom stereocenters. The van der Waals surface area contributed by atoms with E-state index < -0.39 is 0 Å². The molecule has 6 heteroatoms. The number of likely N-dealkylation sites (N-methyl/N-ethyl adjacent to an activating group) is 2. The molecule has 2 aromatic carbocycles. The van der Waals surface area contributed by atoms with Crippen molar-refractivity contribution in [3.63, 3.8) is 0 Å². The van der Waals surface area contributed by atoms with Crippen LogP contribution in [0.2, 0.25) is 0 Å². The first kappa shape index (κ1) is 20.8. The van der Waals surface area contributed by atoms with Crippen molar-refractivity contribution in [3.8, 4) is 11.5 Å². The molecule has 0 aromatic heterocycles. The molecular weight excluding hydrogens is 340 g/mol. The molecule has 0 spiro atoms. The fourth-order valence-electron chi connectivity index (χ4n) is 2.08. The third kappa shape index (κ3) is 7.03. The topological polar surface area (TPSA) is 50.8 Å². The highest BCUT2D eigenvalue weighted by molar-refractivity contribution is 5.85. The molecule has 0 heterocycles. The molecule has 0 aliphatic heterocycles. The van der Waals surface area contributed by atoms with Gasteiger partial charge in [0.15, 0.2) is 18.1 Å². The molecule has 5 nitrogen and oxygen atoms in total. The average molecular weight is 365 g/mol. The van der Waals surface area contributed by atoms with Gasteiger partial charge in [-0.05, 0) is 24.7 Å². The van der Waals surface area contributed by atoms with Gasteiger partial charge in [-0.3, -0.25) is 4.79 Å². The zero-order chi connectivity index (χ0) is 17.2. The van der Waals surface area contributed by atoms with Crippen molar-refractivity contribution in [2.45, 2.75) is 6.61 Å². The van der Waals surface area contributed by atoms with Crippen molar-refractivity contribution in [2.24, 2.45) is 0 Å². The molecule has 2 aromatic rings. The van der Waals surface area contributed by atoms with Crippen LogP contribution in [0.5, 0.6) is 11.5 Å². The predicted octanol–water partition coefficient (Wildman–Crippen LogP) is 2.74. The average Bonchev–Trinajstić information content (AvgIpc) is 2.63. The Balaban J connectivity index is 0.00000312. The van der Waals surface area contributed by atoms with Gasteiger partial charge in [-0.15, -0.1) is 12.4 Å². The number of rotatable bonds is 9. The highest BCUT2D eigenvalue weighted by atomic mass is 35.5. The molecule has 0 aliphatic carbocycles. The SMILES string of the molecule is CNCCN(C)C(=O)COc1ccccc1OCc1ccccc1.Cl. The molecule has 25 heavy (non-hydrogen) atoms. The largest absolute Gasteiger partial charge is 0.485 e. The third-order valence-corrected chi connectivity index (χ3v) is 3.56. The summed E-state index contributed by atoms with van der Waals surface area (Å²) in [6.07, 6.45) is 0. The normalized spacial score (nSPS) is 9.84. The van der Waals surface area contributed by atoms with Gasteiger partial charge in [0.25, 0.3) is 5.91 Å². The van der Waals surface area contributed by atoms with Crippen molar-refractivity contribution in [1.82, 2.24) is 10.2 Å². The molecule has 0 saturated heterocycles. The molecule has 1 N–H and O–H groups in total. The van der Waals surface area contributed by atoms with Crippen LogP contribution in [0, 0.1) is 0 Å². The van der Waals surface area contributed by atoms with E-state index in [0.29, 0.717) is 24.7 Å². The van der Waals surface area contributed by atoms with Crippen LogP contribution in [-0.4, -0.2) is 44.6 Å². The first-order chi connectivity index (χ1) is 11.7. The maximum atomic E-state index is 12.0. The lowest BCUT2D eigenvalue weighted by atomic mass is 10.2. The lowest BCUT2D eigenvalue weighted by Crippen LogP contribution is -2.35. The number of hydrogen-bond donors (Lipinski definition) is 1. The number of para-hydroxylation sites is 2. The number of benzene rings is 2. The minimum absolute atomic E-state index is 0. The minimum Gasteiger partial charge on any atom is -0.485 e. The number of hydrogen-bond acceptors (Lipinski definition) is 4. The number of amides is 1. The summed E-state index contributed by atoms with van der Waals surface area (Å²) in [6, 6.07) is 17.3. The molecule has 2 rings (SSSR count). The highest BCUT2D eigenvalue weighted by Crippen LogP contribution is 2.27. The molecule has 0 radical (unpaired) electrons. The second kappa shape index (κ2) is 11.3. The van der Waals surface area contributed by atoms with Gasteiger partial charge < -0.3 is 19.7 Å². The summed E-state index contributed by atoms with van der Waals surface area (Å²) < 4.78 is 11.5. The van der Waals surface area contributed by atoms with Gasteiger partial charge in [0, 0.05) is 20.1 Å². The second-order valence-electron chi connectivity index (χ2n) is 5.43. The minimum atomic E-state index is -0.0666. The van der Waals surface area contributed by atoms with Gasteiger partial charge in [-0.1, -0.05) is 42.5 Å². The van der Waals surface area contributed by atoms with Crippen molar-refractivity contribution < 1.29 is 14.3 Å². The summed E-state index contributed by atoms with van der Waals surface area (Å²) in [5.74, 6) is 1.14. The third-order valence-electron chi connectivity index (χ3n) is 3.56. The standard InChI is InChI=1S/C19H24N2O3.ClH/c1-20-12-13-21(2)19(22)15-24-18-11-7-6-10-17(18)23-14-16-8-4-3-5-9-16;/h3-11,20H,12-15H2,1-2H3;1H. The summed E-state index contributed by atoms with van der Waals surface area (Å²) in [5, 5.41) is 3.01. The van der Waals surface area contributed by atoms with Crippen LogP contribution in [0.4, 0.5) is 0 Å². The molecule has 0 aliphatic rings. The van der Waals surface area contributed by atoms with Crippen LogP contribution in [0.3, 0.4) is 0 Å². The van der Waals surface area contributed by atoms with Gasteiger partial charge in [0.1, 0.15) is 6.61 Å². The van der Waals surface area contributed by atoms with E-state index in [1.807, 2.05) is 55.6 Å². The first-order valence-corrected chi connectivity index (χ1v) is 7.98. The Bertz CT molecular complexity index is 638. The molecule has 1 amide bonds. The monoisotopic (exact) mass is 364 g/mol. The number of carbonyl (C=O) groups is 1. The molecule has 0 fully saturated rings. The summed E-state index contributed by atoms with van der Waals surface area (Å²) in [5.41, 5.74) is 1.08. The molecule has 0 atom stereocenters. The lowest BCUT2D eigenvalue weighted by Gasteiger charge is -2.18. The first-order valence-electron chi connectivity index (χ1n) is 7.98. The maximum Gasteiger partial charge on any atom is 0.260 e. The Kier molecular flexibility index (Phi) is 9.43. The molecule has 0 saturated carbocycles. The van der Waals surface area contributed by atoms with E-state index >= 15 is 0 Å². The number of nitrogens with one attached hydrogen (secondary N) is 1. The zero-order valence-corrected chi connectivity index (χ0v) is 15.4. The maximum absolute atomic E-state index is 12.0. The Labute approximate surface area is 155 Å². The summed E-state index contributed by atoms with van der Waals surface area (Å²) >= 11 is 0. The van der Waals surface area contributed by atoms with E-state index in [-0.39, 0.29) is 24.9 Å². The van der Waals surface area contributed by atoms with Crippen LogP contribution < -0.4 is 14.8 Å². The van der Waals surface area contributed by atoms with Crippen molar-refractivity contribution in [2.75, 3.05) is 33.8 Å². The predicted molar refractivity (Wildman–Crippen MR) is 102 cm³/mol. The van der Waals surface area contributed by atoms with Crippen molar-refractivity contribution in [1.29, 1.82) is 0 Å². The van der Waals surface area contributed by atoms with Gasteiger partial charge in [-0.2, -0.15) is 0 Å². The number of nitrogens with zero attached hydrogens (tertiary/aromatic N) is 1. The van der Waals surface area contributed by atoms with Crippen LogP contribution >= 0.6 is 12.4 Å². The number of halogens is 1. The smallest absolute Gasteiger partial charge is 0.260 e. The molecular formula is C19H25ClN2O3. The number of ether oxygens (including phenoxy) is 2. The van der Waals surface area contributed by atoms with Crippen LogP contribution in [-0.2, 0) is 11.4 Å². The van der Waals surface area contributed by atoms with E-state index in [9.17, 15) is 4.79 Å². The number of carbonyl (C=O) groups excluding carboxylic acids is 1. The fraction of sp³-hybridized carbons (Fsp3) is 0.316. The van der Waals surface area contributed by atoms with Crippen LogP contribution in [0.1, 0.15) is 5.56 Å². The van der Waals surface area contributed by atoms with Gasteiger partial charge in [0.05, 0.1) is 0 Å². The van der Waals surface area contributed by atoms with E-state index in [4.69, 9.17) is 9.47 Å². The summed E-state index contributed by atoms with van der Waals surface area (Å²) in [6.45, 7) is 1.84. The Morgan fingerprint density at radius 3 is 2.24 bits per heavy atom. The Morgan fingerprint density at radius 2 is 1.60 bits per heavy atom. The van der Waals surface area contributed by atoms with E-state index in [1.54, 1.807) is 18.0 Å². The summed E-state index contributed by atoms with van der Waals surface area (Å²) in [7, 11) is 3.62. The molecule has 0 bridgehead atoms. The Hall–Kier alpha value is -2.24. The van der Waals surface area contributed by atoms with Gasteiger partial charge >= 0.3 is 0 Å². The van der Waals surface area contributed by atoms with Gasteiger partial charge in [0.2, 0.25) is 0 Å². The summed E-state index contributed by atoms with van der Waals surface area (Å²) in [4.78, 5) is 13.7.